The highest BCUT2D eigenvalue weighted by Gasteiger charge is 2.28. The van der Waals surface area contributed by atoms with Crippen LogP contribution >= 0.6 is 11.6 Å². The second-order valence-corrected chi connectivity index (χ2v) is 4.53. The average Bonchev–Trinajstić information content (AvgIpc) is 2.37. The smallest absolute Gasteiger partial charge is 0.157 e. The molecule has 0 aliphatic carbocycles. The highest BCUT2D eigenvalue weighted by molar-refractivity contribution is 6.30. The molecule has 0 bridgehead atoms. The van der Waals surface area contributed by atoms with Gasteiger partial charge in [0.15, 0.2) is 5.78 Å². The molecule has 4 heteroatoms. The van der Waals surface area contributed by atoms with Gasteiger partial charge in [-0.1, -0.05) is 37.6 Å². The van der Waals surface area contributed by atoms with Crippen LogP contribution in [0.2, 0.25) is 5.02 Å². The van der Waals surface area contributed by atoms with E-state index in [1.54, 1.807) is 6.07 Å². The number of carbonyl (C=O) groups is 1. The molecule has 1 unspecified atom stereocenters. The lowest BCUT2D eigenvalue weighted by molar-refractivity contribution is -0.123. The Bertz CT molecular complexity index is 477. The van der Waals surface area contributed by atoms with E-state index in [2.05, 4.69) is 0 Å². The molecular formula is C14H15ClFNO. The molecule has 18 heavy (non-hydrogen) atoms. The minimum atomic E-state index is -1.08. The van der Waals surface area contributed by atoms with Crippen molar-refractivity contribution in [3.05, 3.63) is 34.6 Å². The van der Waals surface area contributed by atoms with Crippen LogP contribution in [-0.4, -0.2) is 5.78 Å². The number of hydrogen-bond acceptors (Lipinski definition) is 2. The third-order valence-electron chi connectivity index (χ3n) is 3.09. The predicted molar refractivity (Wildman–Crippen MR) is 68.8 cm³/mol. The number of benzene rings is 1. The molecule has 0 saturated carbocycles. The number of carbonyl (C=O) groups excluding carboxylic acids is 1. The van der Waals surface area contributed by atoms with Crippen molar-refractivity contribution in [2.75, 3.05) is 0 Å². The Morgan fingerprint density at radius 2 is 2.06 bits per heavy atom. The Morgan fingerprint density at radius 3 is 2.56 bits per heavy atom. The first-order valence-electron chi connectivity index (χ1n) is 5.94. The minimum absolute atomic E-state index is 0.0647. The molecule has 2 nitrogen and oxygen atoms in total. The van der Waals surface area contributed by atoms with Crippen LogP contribution < -0.4 is 0 Å². The van der Waals surface area contributed by atoms with Crippen molar-refractivity contribution in [1.82, 2.24) is 0 Å². The van der Waals surface area contributed by atoms with Gasteiger partial charge in [-0.05, 0) is 18.9 Å². The van der Waals surface area contributed by atoms with Crippen LogP contribution in [0.3, 0.4) is 0 Å². The quantitative estimate of drug-likeness (QED) is 0.806. The molecular weight excluding hydrogens is 253 g/mol. The van der Waals surface area contributed by atoms with Gasteiger partial charge in [-0.15, -0.1) is 0 Å². The number of nitriles is 1. The van der Waals surface area contributed by atoms with E-state index in [-0.39, 0.29) is 22.3 Å². The highest BCUT2D eigenvalue weighted by atomic mass is 35.5. The maximum Gasteiger partial charge on any atom is 0.157 e. The van der Waals surface area contributed by atoms with E-state index in [4.69, 9.17) is 16.9 Å². The van der Waals surface area contributed by atoms with Gasteiger partial charge in [0.1, 0.15) is 11.7 Å². The lowest BCUT2D eigenvalue weighted by atomic mass is 9.85. The number of Topliss-reactive ketones (excluding diaryl/α,β-unsaturated/α-hetero) is 1. The Labute approximate surface area is 111 Å². The van der Waals surface area contributed by atoms with Crippen LogP contribution in [0.5, 0.6) is 0 Å². The Hall–Kier alpha value is -1.40. The average molecular weight is 268 g/mol. The van der Waals surface area contributed by atoms with Crippen molar-refractivity contribution < 1.29 is 9.18 Å². The molecule has 0 aromatic heterocycles. The van der Waals surface area contributed by atoms with E-state index in [1.807, 2.05) is 19.9 Å². The van der Waals surface area contributed by atoms with Gasteiger partial charge in [-0.3, -0.25) is 4.79 Å². The van der Waals surface area contributed by atoms with E-state index in [1.165, 1.54) is 12.1 Å². The summed E-state index contributed by atoms with van der Waals surface area (Å²) in [5.74, 6) is -2.20. The zero-order valence-corrected chi connectivity index (χ0v) is 11.2. The van der Waals surface area contributed by atoms with Crippen molar-refractivity contribution >= 4 is 17.4 Å². The van der Waals surface area contributed by atoms with Gasteiger partial charge < -0.3 is 0 Å². The van der Waals surface area contributed by atoms with Gasteiger partial charge in [0.05, 0.1) is 11.1 Å². The molecule has 1 atom stereocenters. The first-order valence-corrected chi connectivity index (χ1v) is 6.31. The maximum atomic E-state index is 13.8. The van der Waals surface area contributed by atoms with Crippen LogP contribution in [0.4, 0.5) is 4.39 Å². The third kappa shape index (κ3) is 2.88. The summed E-state index contributed by atoms with van der Waals surface area (Å²) in [4.78, 5) is 12.2. The third-order valence-corrected chi connectivity index (χ3v) is 3.39. The molecule has 0 saturated heterocycles. The van der Waals surface area contributed by atoms with Crippen LogP contribution in [0.25, 0.3) is 0 Å². The van der Waals surface area contributed by atoms with E-state index < -0.39 is 11.7 Å². The van der Waals surface area contributed by atoms with Gasteiger partial charge >= 0.3 is 0 Å². The number of rotatable bonds is 5. The van der Waals surface area contributed by atoms with Crippen LogP contribution in [0, 0.1) is 23.1 Å². The molecule has 0 fully saturated rings. The topological polar surface area (TPSA) is 40.9 Å². The Morgan fingerprint density at radius 1 is 1.44 bits per heavy atom. The second kappa shape index (κ2) is 6.51. The summed E-state index contributed by atoms with van der Waals surface area (Å²) < 4.78 is 13.8. The SMILES string of the molecule is CCC(CC)C(=O)C(C#N)c1cccc(Cl)c1F. The molecule has 0 radical (unpaired) electrons. The van der Waals surface area contributed by atoms with E-state index in [0.29, 0.717) is 12.8 Å². The summed E-state index contributed by atoms with van der Waals surface area (Å²) in [6, 6.07) is 6.27. The van der Waals surface area contributed by atoms with Crippen molar-refractivity contribution in [3.8, 4) is 6.07 Å². The van der Waals surface area contributed by atoms with Crippen LogP contribution in [0.15, 0.2) is 18.2 Å². The van der Waals surface area contributed by atoms with E-state index >= 15 is 0 Å². The number of nitrogens with zero attached hydrogens (tertiary/aromatic N) is 1. The predicted octanol–water partition coefficient (Wildman–Crippen LogP) is 4.09. The van der Waals surface area contributed by atoms with Gasteiger partial charge in [0.2, 0.25) is 0 Å². The summed E-state index contributed by atoms with van der Waals surface area (Å²) in [5, 5.41) is 9.06. The van der Waals surface area contributed by atoms with Gasteiger partial charge in [-0.2, -0.15) is 5.26 Å². The molecule has 96 valence electrons. The molecule has 0 aliphatic heterocycles. The van der Waals surface area contributed by atoms with Gasteiger partial charge in [0, 0.05) is 11.5 Å². The van der Waals surface area contributed by atoms with Crippen LogP contribution in [-0.2, 0) is 4.79 Å². The van der Waals surface area contributed by atoms with Gasteiger partial charge in [0.25, 0.3) is 0 Å². The molecule has 0 spiro atoms. The standard InChI is InChI=1S/C14H15ClFNO/c1-3-9(4-2)14(18)11(8-17)10-6-5-7-12(15)13(10)16/h5-7,9,11H,3-4H2,1-2H3. The molecule has 0 amide bonds. The Kier molecular flexibility index (Phi) is 5.30. The fraction of sp³-hybridized carbons (Fsp3) is 0.429. The Balaban J connectivity index is 3.15. The fourth-order valence-corrected chi connectivity index (χ4v) is 2.14. The number of halogens is 2. The normalized spacial score (nSPS) is 12.2. The minimum Gasteiger partial charge on any atom is -0.298 e. The van der Waals surface area contributed by atoms with Crippen molar-refractivity contribution in [1.29, 1.82) is 5.26 Å². The molecule has 0 aliphatic rings. The first-order chi connectivity index (χ1) is 8.56. The molecule has 1 aromatic rings. The zero-order chi connectivity index (χ0) is 13.7. The zero-order valence-electron chi connectivity index (χ0n) is 10.4. The lowest BCUT2D eigenvalue weighted by Crippen LogP contribution is -2.21. The van der Waals surface area contributed by atoms with Gasteiger partial charge in [-0.25, -0.2) is 4.39 Å². The molecule has 0 N–H and O–H groups in total. The first kappa shape index (κ1) is 14.7. The summed E-state index contributed by atoms with van der Waals surface area (Å²) >= 11 is 5.67. The largest absolute Gasteiger partial charge is 0.298 e. The van der Waals surface area contributed by atoms with Crippen molar-refractivity contribution in [2.45, 2.75) is 32.6 Å². The summed E-state index contributed by atoms with van der Waals surface area (Å²) in [6.45, 7) is 3.77. The second-order valence-electron chi connectivity index (χ2n) is 4.12. The monoisotopic (exact) mass is 267 g/mol. The number of ketones is 1. The van der Waals surface area contributed by atoms with Crippen molar-refractivity contribution in [2.24, 2.45) is 5.92 Å². The molecule has 1 rings (SSSR count). The number of hydrogen-bond donors (Lipinski definition) is 0. The van der Waals surface area contributed by atoms with Crippen molar-refractivity contribution in [3.63, 3.8) is 0 Å². The summed E-state index contributed by atoms with van der Waals surface area (Å²) in [6.07, 6.45) is 1.30. The lowest BCUT2D eigenvalue weighted by Gasteiger charge is -2.16. The highest BCUT2D eigenvalue weighted by Crippen LogP contribution is 2.28. The fourth-order valence-electron chi connectivity index (χ4n) is 1.96. The van der Waals surface area contributed by atoms with Crippen LogP contribution in [0.1, 0.15) is 38.2 Å². The van der Waals surface area contributed by atoms with E-state index in [0.717, 1.165) is 0 Å². The summed E-state index contributed by atoms with van der Waals surface area (Å²) in [7, 11) is 0. The molecule has 0 heterocycles. The molecule has 1 aromatic carbocycles. The maximum absolute atomic E-state index is 13.8. The summed E-state index contributed by atoms with van der Waals surface area (Å²) in [5.41, 5.74) is 0.0712. The van der Waals surface area contributed by atoms with E-state index in [9.17, 15) is 9.18 Å².